The Labute approximate surface area is 210 Å². The number of benzene rings is 1. The van der Waals surface area contributed by atoms with Gasteiger partial charge in [-0.3, -0.25) is 0 Å². The molecule has 0 aliphatic heterocycles. The Bertz CT molecular complexity index is 1060. The van der Waals surface area contributed by atoms with E-state index in [9.17, 15) is 5.11 Å². The summed E-state index contributed by atoms with van der Waals surface area (Å²) in [5, 5.41) is 13.1. The van der Waals surface area contributed by atoms with Crippen molar-refractivity contribution in [1.29, 1.82) is 0 Å². The van der Waals surface area contributed by atoms with E-state index in [1.807, 2.05) is 24.4 Å². The highest BCUT2D eigenvalue weighted by molar-refractivity contribution is 6.35. The molecule has 4 heteroatoms. The van der Waals surface area contributed by atoms with Crippen molar-refractivity contribution in [2.24, 2.45) is 40.4 Å². The lowest BCUT2D eigenvalue weighted by atomic mass is 9.44. The van der Waals surface area contributed by atoms with Gasteiger partial charge >= 0.3 is 0 Å². The first-order valence-corrected chi connectivity index (χ1v) is 14.4. The number of halogens is 1. The Morgan fingerprint density at radius 3 is 2.76 bits per heavy atom. The van der Waals surface area contributed by atoms with Gasteiger partial charge in [-0.15, -0.1) is 0 Å². The van der Waals surface area contributed by atoms with Crippen LogP contribution in [-0.2, 0) is 6.42 Å². The minimum Gasteiger partial charge on any atom is -0.393 e. The SMILES string of the molecule is CC12CCC3C(C(O)CC4CCCCC43C)C1CCC2CCCc1ncc2c(Cl)cccc2n1. The fraction of sp³-hybridized carbons (Fsp3) is 0.733. The maximum absolute atomic E-state index is 11.4. The minimum atomic E-state index is -0.0672. The summed E-state index contributed by atoms with van der Waals surface area (Å²) in [5.41, 5.74) is 1.83. The molecule has 4 fully saturated rings. The van der Waals surface area contributed by atoms with Crippen LogP contribution in [0.4, 0.5) is 0 Å². The zero-order chi connectivity index (χ0) is 23.5. The Hall–Kier alpha value is -1.19. The quantitative estimate of drug-likeness (QED) is 0.489. The molecule has 184 valence electrons. The monoisotopic (exact) mass is 480 g/mol. The second-order valence-electron chi connectivity index (χ2n) is 12.7. The fourth-order valence-corrected chi connectivity index (χ4v) is 9.74. The standard InChI is InChI=1S/C30H41ClN2O/c1-29-15-4-3-7-20(29)17-26(34)28-22-13-12-19(30(22,2)16-14-23(28)29)8-5-11-27-32-18-21-24(31)9-6-10-25(21)33-27/h6,9-10,18-20,22-23,26,28,34H,3-5,7-8,11-17H2,1-2H3. The molecule has 0 bridgehead atoms. The Morgan fingerprint density at radius 1 is 1.03 bits per heavy atom. The number of rotatable bonds is 4. The van der Waals surface area contributed by atoms with Crippen molar-refractivity contribution in [3.63, 3.8) is 0 Å². The average molecular weight is 481 g/mol. The number of aliphatic hydroxyl groups is 1. The first-order valence-electron chi connectivity index (χ1n) is 14.0. The van der Waals surface area contributed by atoms with Gasteiger partial charge < -0.3 is 5.11 Å². The van der Waals surface area contributed by atoms with E-state index < -0.39 is 0 Å². The first-order chi connectivity index (χ1) is 16.4. The van der Waals surface area contributed by atoms with E-state index in [1.165, 1.54) is 57.8 Å². The third-order valence-corrected chi connectivity index (χ3v) is 11.7. The normalized spacial score (nSPS) is 41.6. The van der Waals surface area contributed by atoms with Crippen molar-refractivity contribution in [3.05, 3.63) is 35.2 Å². The van der Waals surface area contributed by atoms with Crippen LogP contribution in [0, 0.1) is 40.4 Å². The van der Waals surface area contributed by atoms with Crippen LogP contribution in [0.5, 0.6) is 0 Å². The first kappa shape index (κ1) is 23.2. The van der Waals surface area contributed by atoms with Crippen LogP contribution in [0.25, 0.3) is 10.9 Å². The summed E-state index contributed by atoms with van der Waals surface area (Å²) in [6, 6.07) is 5.89. The molecule has 34 heavy (non-hydrogen) atoms. The Kier molecular flexibility index (Phi) is 5.96. The molecule has 0 saturated heterocycles. The molecular weight excluding hydrogens is 440 g/mol. The summed E-state index contributed by atoms with van der Waals surface area (Å²) in [7, 11) is 0. The molecule has 6 rings (SSSR count). The molecule has 3 nitrogen and oxygen atoms in total. The van der Waals surface area contributed by atoms with Crippen molar-refractivity contribution >= 4 is 22.5 Å². The largest absolute Gasteiger partial charge is 0.393 e. The summed E-state index contributed by atoms with van der Waals surface area (Å²) < 4.78 is 0. The van der Waals surface area contributed by atoms with Crippen LogP contribution in [0.1, 0.15) is 90.3 Å². The van der Waals surface area contributed by atoms with E-state index in [4.69, 9.17) is 16.6 Å². The number of nitrogens with zero attached hydrogens (tertiary/aromatic N) is 2. The molecule has 1 N–H and O–H groups in total. The second-order valence-corrected chi connectivity index (χ2v) is 13.1. The number of hydrogen-bond donors (Lipinski definition) is 1. The van der Waals surface area contributed by atoms with Gasteiger partial charge in [-0.2, -0.15) is 0 Å². The number of aromatic nitrogens is 2. The summed E-state index contributed by atoms with van der Waals surface area (Å²) in [4.78, 5) is 9.39. The molecular formula is C30H41ClN2O. The maximum atomic E-state index is 11.4. The van der Waals surface area contributed by atoms with Gasteiger partial charge in [0.25, 0.3) is 0 Å². The molecule has 0 amide bonds. The van der Waals surface area contributed by atoms with E-state index in [0.29, 0.717) is 22.7 Å². The van der Waals surface area contributed by atoms with Gasteiger partial charge in [-0.1, -0.05) is 44.4 Å². The lowest BCUT2D eigenvalue weighted by Crippen LogP contribution is -2.57. The highest BCUT2D eigenvalue weighted by Gasteiger charge is 2.61. The van der Waals surface area contributed by atoms with Gasteiger partial charge in [0.2, 0.25) is 0 Å². The molecule has 4 aliphatic rings. The molecule has 1 aromatic heterocycles. The predicted molar refractivity (Wildman–Crippen MR) is 139 cm³/mol. The number of aryl methyl sites for hydroxylation is 1. The van der Waals surface area contributed by atoms with Crippen LogP contribution in [0.2, 0.25) is 5.02 Å². The van der Waals surface area contributed by atoms with Crippen LogP contribution in [-0.4, -0.2) is 21.2 Å². The third-order valence-electron chi connectivity index (χ3n) is 11.4. The van der Waals surface area contributed by atoms with Crippen molar-refractivity contribution in [2.45, 2.75) is 97.0 Å². The zero-order valence-corrected chi connectivity index (χ0v) is 21.7. The third kappa shape index (κ3) is 3.63. The molecule has 8 atom stereocenters. The summed E-state index contributed by atoms with van der Waals surface area (Å²) >= 11 is 6.29. The van der Waals surface area contributed by atoms with E-state index in [2.05, 4.69) is 18.8 Å². The number of hydrogen-bond acceptors (Lipinski definition) is 3. The van der Waals surface area contributed by atoms with E-state index in [1.54, 1.807) is 0 Å². The van der Waals surface area contributed by atoms with Crippen molar-refractivity contribution in [3.8, 4) is 0 Å². The highest BCUT2D eigenvalue weighted by atomic mass is 35.5. The average Bonchev–Trinajstić information content (AvgIpc) is 3.16. The molecule has 4 saturated carbocycles. The molecule has 1 heterocycles. The van der Waals surface area contributed by atoms with Gasteiger partial charge in [0, 0.05) is 18.0 Å². The van der Waals surface area contributed by atoms with Crippen molar-refractivity contribution in [2.75, 3.05) is 0 Å². The van der Waals surface area contributed by atoms with Gasteiger partial charge in [-0.25, -0.2) is 9.97 Å². The molecule has 0 spiro atoms. The lowest BCUT2D eigenvalue weighted by molar-refractivity contribution is -0.162. The molecule has 8 unspecified atom stereocenters. The van der Waals surface area contributed by atoms with E-state index in [-0.39, 0.29) is 6.10 Å². The number of fused-ring (bicyclic) bond motifs is 6. The van der Waals surface area contributed by atoms with Crippen LogP contribution in [0.15, 0.2) is 24.4 Å². The van der Waals surface area contributed by atoms with Crippen LogP contribution >= 0.6 is 11.6 Å². The molecule has 4 aliphatic carbocycles. The zero-order valence-electron chi connectivity index (χ0n) is 21.0. The van der Waals surface area contributed by atoms with Crippen LogP contribution < -0.4 is 0 Å². The smallest absolute Gasteiger partial charge is 0.128 e. The topological polar surface area (TPSA) is 46.0 Å². The molecule has 1 aromatic carbocycles. The second kappa shape index (κ2) is 8.73. The minimum absolute atomic E-state index is 0.0672. The van der Waals surface area contributed by atoms with Crippen molar-refractivity contribution in [1.82, 2.24) is 9.97 Å². The Balaban J connectivity index is 1.14. The molecule has 0 radical (unpaired) electrons. The van der Waals surface area contributed by atoms with Crippen LogP contribution in [0.3, 0.4) is 0 Å². The van der Waals surface area contributed by atoms with Crippen molar-refractivity contribution < 1.29 is 5.11 Å². The van der Waals surface area contributed by atoms with Gasteiger partial charge in [0.1, 0.15) is 5.82 Å². The van der Waals surface area contributed by atoms with Gasteiger partial charge in [-0.05, 0) is 110 Å². The Morgan fingerprint density at radius 2 is 1.88 bits per heavy atom. The maximum Gasteiger partial charge on any atom is 0.128 e. The fourth-order valence-electron chi connectivity index (χ4n) is 9.52. The highest BCUT2D eigenvalue weighted by Crippen LogP contribution is 2.67. The van der Waals surface area contributed by atoms with Gasteiger partial charge in [0.05, 0.1) is 16.6 Å². The lowest BCUT2D eigenvalue weighted by Gasteiger charge is -2.62. The predicted octanol–water partition coefficient (Wildman–Crippen LogP) is 7.63. The summed E-state index contributed by atoms with van der Waals surface area (Å²) in [5.74, 6) is 4.48. The van der Waals surface area contributed by atoms with E-state index in [0.717, 1.165) is 58.8 Å². The summed E-state index contributed by atoms with van der Waals surface area (Å²) in [6.07, 6.45) is 17.1. The number of aliphatic hydroxyl groups excluding tert-OH is 1. The molecule has 2 aromatic rings. The van der Waals surface area contributed by atoms with Gasteiger partial charge in [0.15, 0.2) is 0 Å². The summed E-state index contributed by atoms with van der Waals surface area (Å²) in [6.45, 7) is 5.19. The van der Waals surface area contributed by atoms with E-state index >= 15 is 0 Å².